The lowest BCUT2D eigenvalue weighted by Crippen LogP contribution is -2.43. The number of benzene rings is 1. The molecule has 1 aromatic carbocycles. The molecule has 5 nitrogen and oxygen atoms in total. The molecule has 2 fully saturated rings. The maximum absolute atomic E-state index is 12.7. The second-order valence-electron chi connectivity index (χ2n) is 6.85. The Balaban J connectivity index is 1.51. The van der Waals surface area contributed by atoms with E-state index in [4.69, 9.17) is 0 Å². The Hall–Kier alpha value is -2.27. The van der Waals surface area contributed by atoms with E-state index < -0.39 is 0 Å². The molecule has 5 heteroatoms. The first-order chi connectivity index (χ1) is 11.7. The van der Waals surface area contributed by atoms with Crippen LogP contribution in [0.15, 0.2) is 36.4 Å². The molecular formula is C19H24N4O. The molecule has 0 saturated carbocycles. The summed E-state index contributed by atoms with van der Waals surface area (Å²) >= 11 is 0. The van der Waals surface area contributed by atoms with Crippen LogP contribution in [0.25, 0.3) is 11.3 Å². The number of anilines is 1. The summed E-state index contributed by atoms with van der Waals surface area (Å²) in [4.78, 5) is 12.7. The van der Waals surface area contributed by atoms with E-state index in [0.29, 0.717) is 17.8 Å². The minimum atomic E-state index is 0.0231. The van der Waals surface area contributed by atoms with Gasteiger partial charge in [0, 0.05) is 43.6 Å². The first-order valence-electron chi connectivity index (χ1n) is 8.66. The highest BCUT2D eigenvalue weighted by molar-refractivity contribution is 5.94. The number of carbonyl (C=O) groups is 1. The van der Waals surface area contributed by atoms with Crippen molar-refractivity contribution in [3.8, 4) is 11.3 Å². The third-order valence-electron chi connectivity index (χ3n) is 5.44. The average Bonchev–Trinajstić information content (AvgIpc) is 3.30. The summed E-state index contributed by atoms with van der Waals surface area (Å²) in [7, 11) is 3.86. The second kappa shape index (κ2) is 5.98. The van der Waals surface area contributed by atoms with Crippen molar-refractivity contribution in [1.82, 2.24) is 15.2 Å². The van der Waals surface area contributed by atoms with Crippen LogP contribution in [0.1, 0.15) is 29.8 Å². The molecular weight excluding hydrogens is 300 g/mol. The van der Waals surface area contributed by atoms with E-state index in [1.807, 2.05) is 42.9 Å². The lowest BCUT2D eigenvalue weighted by atomic mass is 9.95. The van der Waals surface area contributed by atoms with Gasteiger partial charge in [-0.3, -0.25) is 4.79 Å². The minimum absolute atomic E-state index is 0.0231. The normalized spacial score (nSPS) is 25.0. The summed E-state index contributed by atoms with van der Waals surface area (Å²) < 4.78 is 1.98. The smallest absolute Gasteiger partial charge is 0.268 e. The molecule has 2 bridgehead atoms. The van der Waals surface area contributed by atoms with Gasteiger partial charge in [-0.15, -0.1) is 0 Å². The molecule has 24 heavy (non-hydrogen) atoms. The van der Waals surface area contributed by atoms with Gasteiger partial charge < -0.3 is 20.5 Å². The van der Waals surface area contributed by atoms with Crippen LogP contribution in [0.2, 0.25) is 0 Å². The summed E-state index contributed by atoms with van der Waals surface area (Å²) in [6, 6.07) is 13.5. The highest BCUT2D eigenvalue weighted by Gasteiger charge is 2.39. The quantitative estimate of drug-likeness (QED) is 0.809. The zero-order chi connectivity index (χ0) is 16.7. The van der Waals surface area contributed by atoms with E-state index in [0.717, 1.165) is 23.4 Å². The monoisotopic (exact) mass is 324 g/mol. The number of nitrogens with one attached hydrogen (secondary N) is 3. The fourth-order valence-electron chi connectivity index (χ4n) is 4.06. The van der Waals surface area contributed by atoms with Gasteiger partial charge in [-0.05, 0) is 49.1 Å². The topological polar surface area (TPSA) is 58.1 Å². The van der Waals surface area contributed by atoms with Gasteiger partial charge in [0.25, 0.3) is 5.91 Å². The number of hydrogen-bond acceptors (Lipinski definition) is 3. The maximum atomic E-state index is 12.7. The van der Waals surface area contributed by atoms with E-state index in [2.05, 4.69) is 28.1 Å². The molecule has 3 N–H and O–H groups in total. The predicted octanol–water partition coefficient (Wildman–Crippen LogP) is 2.36. The number of carbonyl (C=O) groups excluding carboxylic acids is 1. The molecule has 4 rings (SSSR count). The van der Waals surface area contributed by atoms with E-state index in [9.17, 15) is 4.79 Å². The zero-order valence-corrected chi connectivity index (χ0v) is 14.2. The Morgan fingerprint density at radius 1 is 1.17 bits per heavy atom. The van der Waals surface area contributed by atoms with Gasteiger partial charge in [0.1, 0.15) is 5.69 Å². The molecule has 2 aliphatic rings. The van der Waals surface area contributed by atoms with Crippen molar-refractivity contribution >= 4 is 11.6 Å². The van der Waals surface area contributed by atoms with Crippen LogP contribution in [-0.4, -0.2) is 35.6 Å². The SMILES string of the molecule is CNc1ccc(-c2ccc(C(=O)N[C@@H]3C[C@H]4CC[C@@H]3N4)n2C)cc1. The van der Waals surface area contributed by atoms with Crippen LogP contribution >= 0.6 is 0 Å². The van der Waals surface area contributed by atoms with Gasteiger partial charge in [0.15, 0.2) is 0 Å². The minimum Gasteiger partial charge on any atom is -0.388 e. The Morgan fingerprint density at radius 3 is 2.58 bits per heavy atom. The number of aromatic nitrogens is 1. The van der Waals surface area contributed by atoms with Crippen LogP contribution in [-0.2, 0) is 7.05 Å². The average molecular weight is 324 g/mol. The zero-order valence-electron chi connectivity index (χ0n) is 14.2. The number of hydrogen-bond donors (Lipinski definition) is 3. The van der Waals surface area contributed by atoms with Gasteiger partial charge in [-0.2, -0.15) is 0 Å². The third-order valence-corrected chi connectivity index (χ3v) is 5.44. The van der Waals surface area contributed by atoms with Crippen LogP contribution in [0.4, 0.5) is 5.69 Å². The van der Waals surface area contributed by atoms with Crippen molar-refractivity contribution in [2.75, 3.05) is 12.4 Å². The largest absolute Gasteiger partial charge is 0.388 e. The van der Waals surface area contributed by atoms with Gasteiger partial charge in [0.05, 0.1) is 0 Å². The third kappa shape index (κ3) is 2.59. The molecule has 3 atom stereocenters. The Kier molecular flexibility index (Phi) is 3.81. The first-order valence-corrected chi connectivity index (χ1v) is 8.66. The van der Waals surface area contributed by atoms with Crippen molar-refractivity contribution in [2.24, 2.45) is 7.05 Å². The summed E-state index contributed by atoms with van der Waals surface area (Å²) in [5.74, 6) is 0.0231. The van der Waals surface area contributed by atoms with Gasteiger partial charge in [-0.1, -0.05) is 12.1 Å². The number of fused-ring (bicyclic) bond motifs is 2. The van der Waals surface area contributed by atoms with Gasteiger partial charge >= 0.3 is 0 Å². The Bertz CT molecular complexity index is 749. The van der Waals surface area contributed by atoms with Crippen molar-refractivity contribution in [3.63, 3.8) is 0 Å². The van der Waals surface area contributed by atoms with Crippen LogP contribution in [0.3, 0.4) is 0 Å². The number of rotatable bonds is 4. The van der Waals surface area contributed by atoms with Gasteiger partial charge in [-0.25, -0.2) is 0 Å². The standard InChI is InChI=1S/C19H24N4O/c1-20-13-5-3-12(4-6-13)17-9-10-18(23(17)2)19(24)22-16-11-14-7-8-15(16)21-14/h3-6,9-10,14-16,20-21H,7-8,11H2,1-2H3,(H,22,24)/t14-,15+,16-/m1/s1. The first kappa shape index (κ1) is 15.3. The van der Waals surface area contributed by atoms with Gasteiger partial charge in [0.2, 0.25) is 0 Å². The molecule has 2 saturated heterocycles. The predicted molar refractivity (Wildman–Crippen MR) is 96.2 cm³/mol. The molecule has 0 spiro atoms. The summed E-state index contributed by atoms with van der Waals surface area (Å²) in [6.45, 7) is 0. The number of nitrogens with zero attached hydrogens (tertiary/aromatic N) is 1. The molecule has 3 heterocycles. The van der Waals surface area contributed by atoms with Crippen LogP contribution < -0.4 is 16.0 Å². The van der Waals surface area contributed by atoms with E-state index in [1.54, 1.807) is 0 Å². The fourth-order valence-corrected chi connectivity index (χ4v) is 4.06. The lowest BCUT2D eigenvalue weighted by Gasteiger charge is -2.21. The molecule has 2 aromatic rings. The second-order valence-corrected chi connectivity index (χ2v) is 6.85. The fraction of sp³-hybridized carbons (Fsp3) is 0.421. The van der Waals surface area contributed by atoms with Crippen LogP contribution in [0, 0.1) is 0 Å². The Labute approximate surface area is 142 Å². The molecule has 1 amide bonds. The van der Waals surface area contributed by atoms with E-state index in [1.165, 1.54) is 12.8 Å². The highest BCUT2D eigenvalue weighted by atomic mass is 16.2. The summed E-state index contributed by atoms with van der Waals surface area (Å²) in [6.07, 6.45) is 3.47. The number of amides is 1. The maximum Gasteiger partial charge on any atom is 0.268 e. The summed E-state index contributed by atoms with van der Waals surface area (Å²) in [5, 5.41) is 9.90. The van der Waals surface area contributed by atoms with E-state index >= 15 is 0 Å². The molecule has 0 radical (unpaired) electrons. The van der Waals surface area contributed by atoms with Crippen molar-refractivity contribution in [1.29, 1.82) is 0 Å². The van der Waals surface area contributed by atoms with Crippen molar-refractivity contribution in [2.45, 2.75) is 37.4 Å². The molecule has 126 valence electrons. The van der Waals surface area contributed by atoms with Crippen molar-refractivity contribution < 1.29 is 4.79 Å². The molecule has 0 unspecified atom stereocenters. The summed E-state index contributed by atoms with van der Waals surface area (Å²) in [5.41, 5.74) is 3.95. The Morgan fingerprint density at radius 2 is 1.96 bits per heavy atom. The van der Waals surface area contributed by atoms with Crippen molar-refractivity contribution in [3.05, 3.63) is 42.1 Å². The lowest BCUT2D eigenvalue weighted by molar-refractivity contribution is 0.0923. The van der Waals surface area contributed by atoms with Crippen LogP contribution in [0.5, 0.6) is 0 Å². The molecule has 0 aliphatic carbocycles. The molecule has 2 aliphatic heterocycles. The molecule has 1 aromatic heterocycles. The highest BCUT2D eigenvalue weighted by Crippen LogP contribution is 2.29. The van der Waals surface area contributed by atoms with E-state index in [-0.39, 0.29) is 11.9 Å².